The number of carbonyl (C=O) groups is 2. The highest BCUT2D eigenvalue weighted by Gasteiger charge is 2.48. The molecule has 1 heterocycles. The minimum Gasteiger partial charge on any atom is -0.481 e. The van der Waals surface area contributed by atoms with Crippen molar-refractivity contribution in [1.82, 2.24) is 4.90 Å². The number of amides is 1. The van der Waals surface area contributed by atoms with Crippen LogP contribution in [-0.4, -0.2) is 35.0 Å². The van der Waals surface area contributed by atoms with Crippen LogP contribution in [0.5, 0.6) is 0 Å². The van der Waals surface area contributed by atoms with E-state index in [1.165, 1.54) is 11.1 Å². The van der Waals surface area contributed by atoms with Crippen molar-refractivity contribution in [2.45, 2.75) is 39.0 Å². The molecule has 3 atom stereocenters. The van der Waals surface area contributed by atoms with Crippen molar-refractivity contribution in [3.63, 3.8) is 0 Å². The van der Waals surface area contributed by atoms with E-state index in [1.54, 1.807) is 11.8 Å². The van der Waals surface area contributed by atoms with Crippen molar-refractivity contribution in [1.29, 1.82) is 0 Å². The molecule has 0 radical (unpaired) electrons. The monoisotopic (exact) mass is 301 g/mol. The van der Waals surface area contributed by atoms with Gasteiger partial charge in [0.05, 0.1) is 5.41 Å². The van der Waals surface area contributed by atoms with Gasteiger partial charge < -0.3 is 10.0 Å². The molecule has 2 aliphatic rings. The van der Waals surface area contributed by atoms with Gasteiger partial charge in [-0.25, -0.2) is 0 Å². The predicted molar refractivity (Wildman–Crippen MR) is 83.6 cm³/mol. The third-order valence-corrected chi connectivity index (χ3v) is 5.22. The van der Waals surface area contributed by atoms with Gasteiger partial charge in [0.25, 0.3) is 0 Å². The summed E-state index contributed by atoms with van der Waals surface area (Å²) >= 11 is 0. The zero-order chi connectivity index (χ0) is 15.9. The van der Waals surface area contributed by atoms with Gasteiger partial charge in [-0.1, -0.05) is 24.3 Å². The molecule has 118 valence electrons. The normalized spacial score (nSPS) is 30.9. The maximum absolute atomic E-state index is 12.7. The smallest absolute Gasteiger partial charge is 0.311 e. The van der Waals surface area contributed by atoms with Crippen molar-refractivity contribution in [2.24, 2.45) is 11.3 Å². The molecule has 1 N–H and O–H groups in total. The molecule has 3 rings (SSSR count). The first-order chi connectivity index (χ1) is 10.4. The summed E-state index contributed by atoms with van der Waals surface area (Å²) in [7, 11) is 0. The molecule has 0 aromatic heterocycles. The molecular formula is C18H23NO3. The number of carboxylic acids is 1. The van der Waals surface area contributed by atoms with Gasteiger partial charge in [-0.3, -0.25) is 9.59 Å². The van der Waals surface area contributed by atoms with Gasteiger partial charge in [-0.15, -0.1) is 0 Å². The van der Waals surface area contributed by atoms with Gasteiger partial charge in [0.2, 0.25) is 5.91 Å². The number of aryl methyl sites for hydroxylation is 1. The Hall–Kier alpha value is -1.84. The third kappa shape index (κ3) is 2.62. The molecule has 4 nitrogen and oxygen atoms in total. The zero-order valence-corrected chi connectivity index (χ0v) is 13.2. The van der Waals surface area contributed by atoms with E-state index in [1.807, 2.05) is 12.1 Å². The molecule has 0 spiro atoms. The summed E-state index contributed by atoms with van der Waals surface area (Å²) in [6.07, 6.45) is 2.32. The van der Waals surface area contributed by atoms with Crippen LogP contribution < -0.4 is 0 Å². The SMILES string of the molecule is Cc1ccccc1C1CC1C(=O)N1CCCC(C)(C(=O)O)C1. The van der Waals surface area contributed by atoms with Crippen LogP contribution in [0.25, 0.3) is 0 Å². The van der Waals surface area contributed by atoms with Crippen LogP contribution in [0.3, 0.4) is 0 Å². The summed E-state index contributed by atoms with van der Waals surface area (Å²) in [6, 6.07) is 8.22. The molecule has 22 heavy (non-hydrogen) atoms. The second-order valence-electron chi connectivity index (χ2n) is 7.03. The molecule has 4 heteroatoms. The van der Waals surface area contributed by atoms with Crippen molar-refractivity contribution in [2.75, 3.05) is 13.1 Å². The lowest BCUT2D eigenvalue weighted by Crippen LogP contribution is -2.49. The van der Waals surface area contributed by atoms with E-state index in [4.69, 9.17) is 0 Å². The van der Waals surface area contributed by atoms with Crippen LogP contribution in [0.1, 0.15) is 43.2 Å². The fourth-order valence-electron chi connectivity index (χ4n) is 3.65. The number of carbonyl (C=O) groups excluding carboxylic acids is 1. The van der Waals surface area contributed by atoms with E-state index in [9.17, 15) is 14.7 Å². The molecule has 1 aromatic rings. The molecule has 1 amide bonds. The van der Waals surface area contributed by atoms with Gasteiger partial charge in [0.15, 0.2) is 0 Å². The predicted octanol–water partition coefficient (Wildman–Crippen LogP) is 2.81. The lowest BCUT2D eigenvalue weighted by Gasteiger charge is -2.37. The van der Waals surface area contributed by atoms with E-state index in [-0.39, 0.29) is 11.8 Å². The summed E-state index contributed by atoms with van der Waals surface area (Å²) in [5.41, 5.74) is 1.71. The van der Waals surface area contributed by atoms with Gasteiger partial charge in [-0.05, 0) is 50.2 Å². The number of aliphatic carboxylic acids is 1. The van der Waals surface area contributed by atoms with Crippen LogP contribution in [-0.2, 0) is 9.59 Å². The number of hydrogen-bond acceptors (Lipinski definition) is 2. The number of piperidine rings is 1. The van der Waals surface area contributed by atoms with E-state index in [2.05, 4.69) is 19.1 Å². The van der Waals surface area contributed by atoms with Gasteiger partial charge >= 0.3 is 5.97 Å². The lowest BCUT2D eigenvalue weighted by molar-refractivity contribution is -0.153. The summed E-state index contributed by atoms with van der Waals surface area (Å²) in [5, 5.41) is 9.38. The number of hydrogen-bond donors (Lipinski definition) is 1. The highest BCUT2D eigenvalue weighted by atomic mass is 16.4. The van der Waals surface area contributed by atoms with Crippen molar-refractivity contribution >= 4 is 11.9 Å². The fourth-order valence-corrected chi connectivity index (χ4v) is 3.65. The average molecular weight is 301 g/mol. The molecule has 3 unspecified atom stereocenters. The van der Waals surface area contributed by atoms with Crippen LogP contribution in [0.2, 0.25) is 0 Å². The maximum atomic E-state index is 12.7. The van der Waals surface area contributed by atoms with Crippen LogP contribution in [0.15, 0.2) is 24.3 Å². The molecule has 0 bridgehead atoms. The number of carboxylic acid groups (broad SMARTS) is 1. The Bertz CT molecular complexity index is 612. The van der Waals surface area contributed by atoms with E-state index in [0.717, 1.165) is 12.8 Å². The second kappa shape index (κ2) is 5.41. The minimum atomic E-state index is -0.795. The van der Waals surface area contributed by atoms with E-state index < -0.39 is 11.4 Å². The van der Waals surface area contributed by atoms with Crippen LogP contribution in [0, 0.1) is 18.3 Å². The number of benzene rings is 1. The van der Waals surface area contributed by atoms with Gasteiger partial charge in [0, 0.05) is 19.0 Å². The first-order valence-corrected chi connectivity index (χ1v) is 8.00. The number of likely N-dealkylation sites (tertiary alicyclic amines) is 1. The maximum Gasteiger partial charge on any atom is 0.311 e. The number of rotatable bonds is 3. The largest absolute Gasteiger partial charge is 0.481 e. The van der Waals surface area contributed by atoms with Gasteiger partial charge in [0.1, 0.15) is 0 Å². The Morgan fingerprint density at radius 2 is 2.05 bits per heavy atom. The topological polar surface area (TPSA) is 57.6 Å². The van der Waals surface area contributed by atoms with Crippen molar-refractivity contribution in [3.05, 3.63) is 35.4 Å². The average Bonchev–Trinajstić information content (AvgIpc) is 3.27. The molecule has 1 aliphatic carbocycles. The van der Waals surface area contributed by atoms with Crippen LogP contribution in [0.4, 0.5) is 0 Å². The van der Waals surface area contributed by atoms with E-state index >= 15 is 0 Å². The zero-order valence-electron chi connectivity index (χ0n) is 13.2. The Balaban J connectivity index is 1.69. The molecular weight excluding hydrogens is 278 g/mol. The summed E-state index contributed by atoms with van der Waals surface area (Å²) in [4.78, 5) is 25.9. The minimum absolute atomic E-state index is 0.0391. The molecule has 1 aliphatic heterocycles. The first-order valence-electron chi connectivity index (χ1n) is 8.00. The van der Waals surface area contributed by atoms with Crippen molar-refractivity contribution < 1.29 is 14.7 Å². The fraction of sp³-hybridized carbons (Fsp3) is 0.556. The standard InChI is InChI=1S/C18H23NO3/c1-12-6-3-4-7-13(12)14-10-15(14)16(20)19-9-5-8-18(2,11-19)17(21)22/h3-4,6-7,14-15H,5,8-11H2,1-2H3,(H,21,22). The Morgan fingerprint density at radius 1 is 1.32 bits per heavy atom. The van der Waals surface area contributed by atoms with E-state index in [0.29, 0.717) is 25.4 Å². The molecule has 1 saturated carbocycles. The third-order valence-electron chi connectivity index (χ3n) is 5.22. The number of nitrogens with zero attached hydrogens (tertiary/aromatic N) is 1. The Kier molecular flexibility index (Phi) is 3.71. The summed E-state index contributed by atoms with van der Waals surface area (Å²) in [5.74, 6) is -0.305. The molecule has 1 aromatic carbocycles. The second-order valence-corrected chi connectivity index (χ2v) is 7.03. The van der Waals surface area contributed by atoms with Gasteiger partial charge in [-0.2, -0.15) is 0 Å². The lowest BCUT2D eigenvalue weighted by atomic mass is 9.82. The molecule has 1 saturated heterocycles. The summed E-state index contributed by atoms with van der Waals surface area (Å²) in [6.45, 7) is 4.87. The highest BCUT2D eigenvalue weighted by molar-refractivity contribution is 5.84. The highest BCUT2D eigenvalue weighted by Crippen LogP contribution is 2.50. The van der Waals surface area contributed by atoms with Crippen molar-refractivity contribution in [3.8, 4) is 0 Å². The van der Waals surface area contributed by atoms with Crippen LogP contribution >= 0.6 is 0 Å². The molecule has 2 fully saturated rings. The quantitative estimate of drug-likeness (QED) is 0.934. The summed E-state index contributed by atoms with van der Waals surface area (Å²) < 4.78 is 0. The Morgan fingerprint density at radius 3 is 2.73 bits per heavy atom. The Labute approximate surface area is 131 Å². The first kappa shape index (κ1) is 15.1.